The van der Waals surface area contributed by atoms with Crippen LogP contribution < -0.4 is 25.2 Å². The van der Waals surface area contributed by atoms with Gasteiger partial charge in [-0.2, -0.15) is 4.57 Å². The van der Waals surface area contributed by atoms with E-state index < -0.39 is 12.2 Å². The second kappa shape index (κ2) is 17.6. The number of hydrogen-bond donors (Lipinski definition) is 3. The van der Waals surface area contributed by atoms with Crippen molar-refractivity contribution < 1.29 is 24.4 Å². The number of hydrogen-bond acceptors (Lipinski definition) is 7. The van der Waals surface area contributed by atoms with Crippen molar-refractivity contribution in [1.29, 1.82) is 0 Å². The number of nitrogens with one attached hydrogen (secondary N) is 2. The monoisotopic (exact) mass is 795 g/mol. The van der Waals surface area contributed by atoms with Gasteiger partial charge in [-0.25, -0.2) is 4.79 Å². The fraction of sp³-hybridized carbons (Fsp3) is 0.372. The average Bonchev–Trinajstić information content (AvgIpc) is 3.96. The van der Waals surface area contributed by atoms with Crippen LogP contribution in [0.25, 0.3) is 22.0 Å². The van der Waals surface area contributed by atoms with Crippen LogP contribution in [0.4, 0.5) is 15.3 Å². The van der Waals surface area contributed by atoms with E-state index in [1.165, 1.54) is 56.8 Å². The molecule has 2 aromatic heterocycles. The number of aromatic nitrogens is 2. The van der Waals surface area contributed by atoms with E-state index in [0.717, 1.165) is 40.8 Å². The smallest absolute Gasteiger partial charge is 0.404 e. The van der Waals surface area contributed by atoms with Gasteiger partial charge in [-0.15, -0.1) is 11.8 Å². The van der Waals surface area contributed by atoms with Crippen molar-refractivity contribution in [2.24, 2.45) is 5.41 Å². The lowest BCUT2D eigenvalue weighted by Gasteiger charge is -2.31. The molecule has 3 N–H and O–H groups in total. The fourth-order valence-corrected chi connectivity index (χ4v) is 11.3. The van der Waals surface area contributed by atoms with Gasteiger partial charge < -0.3 is 35.1 Å². The summed E-state index contributed by atoms with van der Waals surface area (Å²) in [5, 5.41) is 28.1. The number of anilines is 1. The van der Waals surface area contributed by atoms with Crippen molar-refractivity contribution in [3.8, 4) is 5.69 Å². The van der Waals surface area contributed by atoms with Crippen LogP contribution >= 0.6 is 34.9 Å². The lowest BCUT2D eigenvalue weighted by Crippen LogP contribution is -2.37. The first kappa shape index (κ1) is 38.9. The highest BCUT2D eigenvalue weighted by Crippen LogP contribution is 2.48. The van der Waals surface area contributed by atoms with Gasteiger partial charge in [0.1, 0.15) is 10.8 Å². The van der Waals surface area contributed by atoms with Crippen LogP contribution in [0.5, 0.6) is 0 Å². The number of allylic oxidation sites excluding steroid dienone is 6. The summed E-state index contributed by atoms with van der Waals surface area (Å²) in [4.78, 5) is 27.0. The largest absolute Gasteiger partial charge is 0.530 e. The molecular formula is C43H49N5O4S3. The Kier molecular flexibility index (Phi) is 12.4. The molecule has 2 aromatic carbocycles. The molecule has 12 heteroatoms. The Hall–Kier alpha value is -4.39. The van der Waals surface area contributed by atoms with E-state index in [1.807, 2.05) is 36.3 Å². The molecule has 288 valence electrons. The number of fused-ring (bicyclic) bond motifs is 2. The SMILES string of the molecule is CC1(C)CC(/C=C2\Sc3ccc(-n4cccc4)cc3N2CCCNC(=O)[O-])=CC(=C/C=C/c2sc3ccc(SC4CCCC4)cc3[n+]2CCCNC(=O)O)/C1. The van der Waals surface area contributed by atoms with Crippen LogP contribution in [0.1, 0.15) is 70.2 Å². The predicted octanol–water partition coefficient (Wildman–Crippen LogP) is 9.13. The molecule has 55 heavy (non-hydrogen) atoms. The molecule has 3 heterocycles. The summed E-state index contributed by atoms with van der Waals surface area (Å²) in [7, 11) is 0. The van der Waals surface area contributed by atoms with Crippen LogP contribution in [0.2, 0.25) is 0 Å². The summed E-state index contributed by atoms with van der Waals surface area (Å²) in [6, 6.07) is 17.4. The minimum atomic E-state index is -1.25. The molecule has 0 spiro atoms. The number of carbonyl (C=O) groups excluding carboxylic acids is 1. The van der Waals surface area contributed by atoms with E-state index in [2.05, 4.69) is 105 Å². The van der Waals surface area contributed by atoms with Gasteiger partial charge in [-0.3, -0.25) is 0 Å². The van der Waals surface area contributed by atoms with Gasteiger partial charge in [-0.05, 0) is 97.2 Å². The fourth-order valence-electron chi connectivity index (χ4n) is 7.78. The number of carbonyl (C=O) groups is 2. The molecule has 4 aromatic rings. The Morgan fingerprint density at radius 1 is 1.05 bits per heavy atom. The number of aryl methyl sites for hydroxylation is 1. The van der Waals surface area contributed by atoms with Crippen LogP contribution in [-0.4, -0.2) is 46.7 Å². The summed E-state index contributed by atoms with van der Waals surface area (Å²) < 4.78 is 5.68. The number of nitrogens with zero attached hydrogens (tertiary/aromatic N) is 3. The number of amides is 2. The number of benzene rings is 2. The van der Waals surface area contributed by atoms with Gasteiger partial charge in [0.15, 0.2) is 6.54 Å². The first-order valence-corrected chi connectivity index (χ1v) is 21.7. The Morgan fingerprint density at radius 3 is 2.64 bits per heavy atom. The second-order valence-electron chi connectivity index (χ2n) is 15.2. The van der Waals surface area contributed by atoms with Crippen molar-refractivity contribution in [2.75, 3.05) is 24.5 Å². The van der Waals surface area contributed by atoms with Gasteiger partial charge in [0, 0.05) is 71.3 Å². The lowest BCUT2D eigenvalue weighted by molar-refractivity contribution is -0.669. The number of thiazole rings is 1. The maximum Gasteiger partial charge on any atom is 0.404 e. The van der Waals surface area contributed by atoms with E-state index in [-0.39, 0.29) is 5.41 Å². The maximum atomic E-state index is 11.1. The van der Waals surface area contributed by atoms with Gasteiger partial charge in [0.2, 0.25) is 5.52 Å². The van der Waals surface area contributed by atoms with E-state index in [0.29, 0.717) is 37.7 Å². The third-order valence-corrected chi connectivity index (χ3v) is 13.8. The van der Waals surface area contributed by atoms with Crippen molar-refractivity contribution >= 4 is 69.0 Å². The Bertz CT molecular complexity index is 2140. The first-order valence-electron chi connectivity index (χ1n) is 19.2. The molecule has 7 rings (SSSR count). The zero-order valence-corrected chi connectivity index (χ0v) is 33.9. The van der Waals surface area contributed by atoms with Gasteiger partial charge in [0.05, 0.1) is 10.7 Å². The zero-order chi connectivity index (χ0) is 38.4. The van der Waals surface area contributed by atoms with Crippen LogP contribution in [0.3, 0.4) is 0 Å². The minimum Gasteiger partial charge on any atom is -0.530 e. The molecule has 0 radical (unpaired) electrons. The predicted molar refractivity (Wildman–Crippen MR) is 224 cm³/mol. The van der Waals surface area contributed by atoms with E-state index in [4.69, 9.17) is 5.11 Å². The molecule has 1 fully saturated rings. The van der Waals surface area contributed by atoms with E-state index in [9.17, 15) is 14.7 Å². The third-order valence-electron chi connectivity index (χ3n) is 10.2. The number of thioether (sulfide) groups is 2. The maximum absolute atomic E-state index is 11.1. The van der Waals surface area contributed by atoms with Crippen LogP contribution in [-0.2, 0) is 6.54 Å². The minimum absolute atomic E-state index is 0.0732. The number of rotatable bonds is 14. The summed E-state index contributed by atoms with van der Waals surface area (Å²) in [5.41, 5.74) is 6.03. The Morgan fingerprint density at radius 2 is 1.85 bits per heavy atom. The quantitative estimate of drug-likeness (QED) is 0.0862. The topological polar surface area (TPSA) is 114 Å². The molecule has 0 bridgehead atoms. The molecule has 0 unspecified atom stereocenters. The highest BCUT2D eigenvalue weighted by molar-refractivity contribution is 8.03. The average molecular weight is 796 g/mol. The van der Waals surface area contributed by atoms with E-state index >= 15 is 0 Å². The first-order chi connectivity index (χ1) is 26.6. The van der Waals surface area contributed by atoms with Gasteiger partial charge in [-0.1, -0.05) is 68.0 Å². The molecule has 1 aliphatic heterocycles. The summed E-state index contributed by atoms with van der Waals surface area (Å²) in [6.45, 7) is 6.79. The Balaban J connectivity index is 1.15. The van der Waals surface area contributed by atoms with Crippen LogP contribution in [0.15, 0.2) is 111 Å². The van der Waals surface area contributed by atoms with Gasteiger partial charge in [0.25, 0.3) is 5.01 Å². The third kappa shape index (κ3) is 10.1. The highest BCUT2D eigenvalue weighted by atomic mass is 32.2. The summed E-state index contributed by atoms with van der Waals surface area (Å²) in [6.07, 6.45) is 21.6. The normalized spacial score (nSPS) is 18.4. The van der Waals surface area contributed by atoms with Crippen molar-refractivity contribution in [2.45, 2.75) is 86.8 Å². The molecule has 0 saturated heterocycles. The molecule has 2 amide bonds. The van der Waals surface area contributed by atoms with Crippen LogP contribution in [0, 0.1) is 5.41 Å². The van der Waals surface area contributed by atoms with Crippen molar-refractivity contribution in [1.82, 2.24) is 15.2 Å². The van der Waals surface area contributed by atoms with E-state index in [1.54, 1.807) is 23.1 Å². The molecule has 9 nitrogen and oxygen atoms in total. The number of carboxylic acid groups (broad SMARTS) is 2. The van der Waals surface area contributed by atoms with Gasteiger partial charge >= 0.3 is 6.09 Å². The molecule has 3 aliphatic rings. The zero-order valence-electron chi connectivity index (χ0n) is 31.5. The summed E-state index contributed by atoms with van der Waals surface area (Å²) >= 11 is 5.54. The molecular weight excluding hydrogens is 747 g/mol. The summed E-state index contributed by atoms with van der Waals surface area (Å²) in [5.74, 6) is 0. The molecule has 2 aliphatic carbocycles. The standard InChI is InChI=1S/C43H49N5O4S3/c1-43(2)28-30(10-7-13-39-47(22-8-18-44-41(49)50)36-27-34(15-17-38(36)54-39)53-33-11-3-4-12-33)24-31(29-43)25-40-48(23-9-19-45-42(51)52)35-26-32(14-16-37(35)55-40)46-20-5-6-21-46/h5-7,10,13-17,20-21,24-27,33,44-45H,3-4,8-9,11-12,18-19,22-23,28-29H2,1-2H3,(H-,49,50,51,52). The molecule has 0 atom stereocenters. The second-order valence-corrected chi connectivity index (χ2v) is 18.7. The highest BCUT2D eigenvalue weighted by Gasteiger charge is 2.29. The van der Waals surface area contributed by atoms with Crippen molar-refractivity contribution in [3.05, 3.63) is 106 Å². The Labute approximate surface area is 335 Å². The van der Waals surface area contributed by atoms with Crippen molar-refractivity contribution in [3.63, 3.8) is 0 Å². The molecule has 1 saturated carbocycles. The lowest BCUT2D eigenvalue weighted by atomic mass is 9.75.